The van der Waals surface area contributed by atoms with Crippen LogP contribution in [0.4, 0.5) is 0 Å². The van der Waals surface area contributed by atoms with Gasteiger partial charge in [-0.2, -0.15) is 19.7 Å². The Balaban J connectivity index is 1.76. The Morgan fingerprint density at radius 1 is 1.33 bits per heavy atom. The van der Waals surface area contributed by atoms with Gasteiger partial charge in [0.1, 0.15) is 0 Å². The molecule has 0 amide bonds. The maximum atomic E-state index is 10.8. The molecule has 30 heavy (non-hydrogen) atoms. The van der Waals surface area contributed by atoms with Crippen molar-refractivity contribution < 1.29 is 9.90 Å². The van der Waals surface area contributed by atoms with Gasteiger partial charge < -0.3 is 5.11 Å². The number of carbonyl (C=O) groups is 1. The Hall–Kier alpha value is -2.60. The van der Waals surface area contributed by atoms with E-state index in [1.54, 1.807) is 29.9 Å². The van der Waals surface area contributed by atoms with E-state index in [0.717, 1.165) is 22.2 Å². The molecule has 0 spiro atoms. The number of aromatic nitrogens is 5. The third-order valence-corrected chi connectivity index (χ3v) is 5.62. The number of carboxylic acid groups (broad SMARTS) is 1. The number of hydrazone groups is 2. The minimum Gasteiger partial charge on any atom is -0.480 e. The standard InChI is InChI=1S/C16H13Cl3N8O2S/c1-8(23-27(20-2)7-13(28)29)16-21-15(24-30-16)12-6-26(25-22-12)5-9-3-10(17)14(19)11(18)4-9/h3-4,6H,2,5,7H2,1H3,(H,28,29)/b23-8+. The van der Waals surface area contributed by atoms with E-state index >= 15 is 0 Å². The summed E-state index contributed by atoms with van der Waals surface area (Å²) in [7, 11) is 0. The monoisotopic (exact) mass is 486 g/mol. The number of halogens is 3. The smallest absolute Gasteiger partial charge is 0.327 e. The third-order valence-electron chi connectivity index (χ3n) is 3.60. The van der Waals surface area contributed by atoms with Crippen molar-refractivity contribution in [2.45, 2.75) is 13.5 Å². The van der Waals surface area contributed by atoms with Crippen LogP contribution in [0, 0.1) is 0 Å². The normalized spacial score (nSPS) is 11.5. The summed E-state index contributed by atoms with van der Waals surface area (Å²) < 4.78 is 5.84. The van der Waals surface area contributed by atoms with Crippen LogP contribution in [0.5, 0.6) is 0 Å². The van der Waals surface area contributed by atoms with E-state index in [2.05, 4.69) is 36.6 Å². The van der Waals surface area contributed by atoms with Gasteiger partial charge in [-0.3, -0.25) is 4.79 Å². The summed E-state index contributed by atoms with van der Waals surface area (Å²) in [6, 6.07) is 3.40. The molecular weight excluding hydrogens is 475 g/mol. The van der Waals surface area contributed by atoms with Crippen LogP contribution in [0.25, 0.3) is 11.5 Å². The zero-order chi connectivity index (χ0) is 21.8. The van der Waals surface area contributed by atoms with Crippen LogP contribution in [0.3, 0.4) is 0 Å². The summed E-state index contributed by atoms with van der Waals surface area (Å²) >= 11 is 19.2. The highest BCUT2D eigenvalue weighted by atomic mass is 35.5. The number of rotatable bonds is 8. The second-order valence-electron chi connectivity index (χ2n) is 5.85. The predicted octanol–water partition coefficient (Wildman–Crippen LogP) is 3.53. The Bertz CT molecular complexity index is 1110. The molecular formula is C16H13Cl3N8O2S. The summed E-state index contributed by atoms with van der Waals surface area (Å²) in [5, 5.41) is 27.0. The second-order valence-corrected chi connectivity index (χ2v) is 7.79. The molecule has 10 nitrogen and oxygen atoms in total. The van der Waals surface area contributed by atoms with E-state index in [0.29, 0.717) is 43.9 Å². The average molecular weight is 488 g/mol. The molecule has 0 radical (unpaired) electrons. The van der Waals surface area contributed by atoms with Crippen LogP contribution in [0.15, 0.2) is 28.5 Å². The average Bonchev–Trinajstić information content (AvgIpc) is 3.34. The molecule has 0 saturated carbocycles. The molecule has 0 bridgehead atoms. The quantitative estimate of drug-likeness (QED) is 0.293. The molecule has 1 N–H and O–H groups in total. The van der Waals surface area contributed by atoms with Crippen molar-refractivity contribution in [3.05, 3.63) is 44.0 Å². The predicted molar refractivity (Wildman–Crippen MR) is 116 cm³/mol. The Labute approximate surface area is 189 Å². The number of benzene rings is 1. The van der Waals surface area contributed by atoms with Gasteiger partial charge in [-0.15, -0.1) is 5.10 Å². The molecule has 1 aromatic carbocycles. The summed E-state index contributed by atoms with van der Waals surface area (Å²) in [5.74, 6) is -0.726. The first-order valence-corrected chi connectivity index (χ1v) is 10.1. The topological polar surface area (TPSA) is 122 Å². The molecule has 0 unspecified atom stereocenters. The molecule has 0 aliphatic carbocycles. The van der Waals surface area contributed by atoms with Gasteiger partial charge in [0.25, 0.3) is 0 Å². The van der Waals surface area contributed by atoms with Crippen LogP contribution in [0.1, 0.15) is 17.5 Å². The molecule has 0 atom stereocenters. The fraction of sp³-hybridized carbons (Fsp3) is 0.188. The van der Waals surface area contributed by atoms with Gasteiger partial charge in [0.05, 0.1) is 33.5 Å². The lowest BCUT2D eigenvalue weighted by atomic mass is 10.2. The fourth-order valence-electron chi connectivity index (χ4n) is 2.29. The highest BCUT2D eigenvalue weighted by molar-refractivity contribution is 7.07. The summed E-state index contributed by atoms with van der Waals surface area (Å²) in [4.78, 5) is 15.2. The molecule has 0 saturated heterocycles. The molecule has 14 heteroatoms. The highest BCUT2D eigenvalue weighted by Crippen LogP contribution is 2.31. The van der Waals surface area contributed by atoms with Crippen LogP contribution in [-0.4, -0.2) is 59.5 Å². The lowest BCUT2D eigenvalue weighted by Crippen LogP contribution is -2.21. The van der Waals surface area contributed by atoms with E-state index in [1.807, 2.05) is 0 Å². The minimum atomic E-state index is -1.09. The van der Waals surface area contributed by atoms with Crippen molar-refractivity contribution in [1.29, 1.82) is 0 Å². The summed E-state index contributed by atoms with van der Waals surface area (Å²) in [6.07, 6.45) is 1.68. The first kappa shape index (κ1) is 22.1. The molecule has 0 fully saturated rings. The molecule has 3 rings (SSSR count). The van der Waals surface area contributed by atoms with E-state index in [4.69, 9.17) is 39.9 Å². The van der Waals surface area contributed by atoms with Crippen molar-refractivity contribution in [1.82, 2.24) is 29.5 Å². The summed E-state index contributed by atoms with van der Waals surface area (Å²) in [5.41, 5.74) is 1.70. The van der Waals surface area contributed by atoms with Gasteiger partial charge in [0, 0.05) is 6.72 Å². The van der Waals surface area contributed by atoms with Gasteiger partial charge in [0.15, 0.2) is 23.1 Å². The van der Waals surface area contributed by atoms with Gasteiger partial charge in [-0.25, -0.2) is 9.67 Å². The van der Waals surface area contributed by atoms with Crippen LogP contribution in [-0.2, 0) is 11.3 Å². The minimum absolute atomic E-state index is 0.297. The number of hydrogen-bond donors (Lipinski definition) is 1. The SMILES string of the molecule is C=NN(CC(=O)O)/N=C(\C)c1nc(-c2cn(Cc3cc(Cl)c(Cl)c(Cl)c3)nn2)ns1. The molecule has 156 valence electrons. The van der Waals surface area contributed by atoms with E-state index in [9.17, 15) is 4.79 Å². The van der Waals surface area contributed by atoms with E-state index in [1.165, 1.54) is 0 Å². The van der Waals surface area contributed by atoms with E-state index in [-0.39, 0.29) is 0 Å². The molecule has 3 aromatic rings. The second kappa shape index (κ2) is 9.47. The van der Waals surface area contributed by atoms with Crippen molar-refractivity contribution >= 4 is 64.7 Å². The maximum Gasteiger partial charge on any atom is 0.327 e. The lowest BCUT2D eigenvalue weighted by molar-refractivity contribution is -0.138. The van der Waals surface area contributed by atoms with E-state index < -0.39 is 12.5 Å². The number of carboxylic acids is 1. The van der Waals surface area contributed by atoms with Crippen LogP contribution >= 0.6 is 46.3 Å². The van der Waals surface area contributed by atoms with Gasteiger partial charge in [0.2, 0.25) is 0 Å². The van der Waals surface area contributed by atoms with Gasteiger partial charge in [-0.1, -0.05) is 40.0 Å². The van der Waals surface area contributed by atoms with Gasteiger partial charge >= 0.3 is 5.97 Å². The lowest BCUT2D eigenvalue weighted by Gasteiger charge is -2.09. The summed E-state index contributed by atoms with van der Waals surface area (Å²) in [6.45, 7) is 4.91. The molecule has 2 heterocycles. The van der Waals surface area contributed by atoms with Crippen molar-refractivity contribution in [2.24, 2.45) is 10.2 Å². The van der Waals surface area contributed by atoms with Crippen LogP contribution < -0.4 is 0 Å². The Morgan fingerprint density at radius 2 is 2.03 bits per heavy atom. The molecule has 0 aliphatic heterocycles. The maximum absolute atomic E-state index is 10.8. The van der Waals surface area contributed by atoms with Crippen molar-refractivity contribution in [3.63, 3.8) is 0 Å². The number of aliphatic carboxylic acids is 1. The largest absolute Gasteiger partial charge is 0.480 e. The first-order chi connectivity index (χ1) is 14.3. The van der Waals surface area contributed by atoms with Gasteiger partial charge in [-0.05, 0) is 36.2 Å². The fourth-order valence-corrected chi connectivity index (χ4v) is 3.54. The molecule has 0 aliphatic rings. The Morgan fingerprint density at radius 3 is 2.67 bits per heavy atom. The molecule has 2 aromatic heterocycles. The Kier molecular flexibility index (Phi) is 6.98. The number of nitrogens with zero attached hydrogens (tertiary/aromatic N) is 8. The zero-order valence-electron chi connectivity index (χ0n) is 15.3. The first-order valence-electron chi connectivity index (χ1n) is 8.16. The number of hydrogen-bond acceptors (Lipinski definition) is 9. The van der Waals surface area contributed by atoms with Crippen LogP contribution in [0.2, 0.25) is 15.1 Å². The van der Waals surface area contributed by atoms with Crippen molar-refractivity contribution in [3.8, 4) is 11.5 Å². The van der Waals surface area contributed by atoms with Crippen molar-refractivity contribution in [2.75, 3.05) is 6.54 Å². The highest BCUT2D eigenvalue weighted by Gasteiger charge is 2.15. The third kappa shape index (κ3) is 5.30. The zero-order valence-corrected chi connectivity index (χ0v) is 18.4.